The van der Waals surface area contributed by atoms with Crippen LogP contribution in [0.3, 0.4) is 0 Å². The molecule has 1 aromatic rings. The predicted molar refractivity (Wildman–Crippen MR) is 83.7 cm³/mol. The summed E-state index contributed by atoms with van der Waals surface area (Å²) in [6.45, 7) is 7.69. The van der Waals surface area contributed by atoms with Crippen LogP contribution in [0.1, 0.15) is 36.7 Å². The number of hydrogen-bond acceptors (Lipinski definition) is 2. The standard InChI is InChI=1S/C15H21BrN2O2/c1-10-6-11(8-12(16)7-10)14(20)18(5)9-13(19)17-15(2,3)4/h6-8H,9H2,1-5H3,(H,17,19). The van der Waals surface area contributed by atoms with Crippen molar-refractivity contribution in [3.63, 3.8) is 0 Å². The van der Waals surface area contributed by atoms with E-state index in [2.05, 4.69) is 21.2 Å². The molecule has 0 heterocycles. The highest BCUT2D eigenvalue weighted by molar-refractivity contribution is 9.10. The Bertz CT molecular complexity index is 501. The second-order valence-electron chi connectivity index (χ2n) is 5.98. The molecule has 0 saturated carbocycles. The number of hydrogen-bond donors (Lipinski definition) is 1. The summed E-state index contributed by atoms with van der Waals surface area (Å²) in [5.41, 5.74) is 1.27. The minimum Gasteiger partial charge on any atom is -0.350 e. The van der Waals surface area contributed by atoms with E-state index in [9.17, 15) is 9.59 Å². The van der Waals surface area contributed by atoms with Crippen molar-refractivity contribution in [2.24, 2.45) is 0 Å². The lowest BCUT2D eigenvalue weighted by Gasteiger charge is -2.23. The zero-order chi connectivity index (χ0) is 15.5. The van der Waals surface area contributed by atoms with Gasteiger partial charge in [-0.25, -0.2) is 0 Å². The van der Waals surface area contributed by atoms with E-state index in [1.807, 2.05) is 39.8 Å². The van der Waals surface area contributed by atoms with E-state index in [-0.39, 0.29) is 23.9 Å². The van der Waals surface area contributed by atoms with Gasteiger partial charge in [0.2, 0.25) is 5.91 Å². The van der Waals surface area contributed by atoms with E-state index in [4.69, 9.17) is 0 Å². The minimum atomic E-state index is -0.298. The highest BCUT2D eigenvalue weighted by atomic mass is 79.9. The van der Waals surface area contributed by atoms with Gasteiger partial charge in [-0.3, -0.25) is 9.59 Å². The van der Waals surface area contributed by atoms with Gasteiger partial charge in [-0.05, 0) is 51.5 Å². The van der Waals surface area contributed by atoms with E-state index in [0.717, 1.165) is 10.0 Å². The molecule has 0 bridgehead atoms. The topological polar surface area (TPSA) is 49.4 Å². The lowest BCUT2D eigenvalue weighted by Crippen LogP contribution is -2.46. The number of benzene rings is 1. The number of carbonyl (C=O) groups excluding carboxylic acids is 2. The largest absolute Gasteiger partial charge is 0.350 e. The van der Waals surface area contributed by atoms with Crippen molar-refractivity contribution in [2.75, 3.05) is 13.6 Å². The van der Waals surface area contributed by atoms with Crippen molar-refractivity contribution in [1.82, 2.24) is 10.2 Å². The number of carbonyl (C=O) groups is 2. The quantitative estimate of drug-likeness (QED) is 0.919. The monoisotopic (exact) mass is 340 g/mol. The summed E-state index contributed by atoms with van der Waals surface area (Å²) in [5, 5.41) is 2.84. The Morgan fingerprint density at radius 3 is 2.35 bits per heavy atom. The van der Waals surface area contributed by atoms with Gasteiger partial charge in [-0.1, -0.05) is 15.9 Å². The second kappa shape index (κ2) is 6.39. The second-order valence-corrected chi connectivity index (χ2v) is 6.89. The van der Waals surface area contributed by atoms with Crippen LogP contribution >= 0.6 is 15.9 Å². The number of halogens is 1. The summed E-state index contributed by atoms with van der Waals surface area (Å²) in [6, 6.07) is 5.50. The van der Waals surface area contributed by atoms with Crippen LogP contribution < -0.4 is 5.32 Å². The van der Waals surface area contributed by atoms with Gasteiger partial charge in [-0.2, -0.15) is 0 Å². The maximum Gasteiger partial charge on any atom is 0.254 e. The van der Waals surface area contributed by atoms with Crippen LogP contribution in [0.5, 0.6) is 0 Å². The summed E-state index contributed by atoms with van der Waals surface area (Å²) < 4.78 is 0.855. The maximum atomic E-state index is 12.3. The fourth-order valence-electron chi connectivity index (χ4n) is 1.83. The van der Waals surface area contributed by atoms with Gasteiger partial charge < -0.3 is 10.2 Å². The number of amides is 2. The highest BCUT2D eigenvalue weighted by Crippen LogP contribution is 2.16. The van der Waals surface area contributed by atoms with Gasteiger partial charge >= 0.3 is 0 Å². The molecule has 110 valence electrons. The third-order valence-corrected chi connectivity index (χ3v) is 2.99. The van der Waals surface area contributed by atoms with Crippen LogP contribution in [0.4, 0.5) is 0 Å². The lowest BCUT2D eigenvalue weighted by molar-refractivity contribution is -0.122. The lowest BCUT2D eigenvalue weighted by atomic mass is 10.1. The molecule has 0 fully saturated rings. The van der Waals surface area contributed by atoms with Crippen LogP contribution in [0, 0.1) is 6.92 Å². The first-order valence-corrected chi connectivity index (χ1v) is 7.21. The summed E-state index contributed by atoms with van der Waals surface area (Å²) in [5.74, 6) is -0.335. The fraction of sp³-hybridized carbons (Fsp3) is 0.467. The molecule has 4 nitrogen and oxygen atoms in total. The first-order chi connectivity index (χ1) is 9.08. The van der Waals surface area contributed by atoms with Gasteiger partial charge in [0, 0.05) is 22.6 Å². The SMILES string of the molecule is Cc1cc(Br)cc(C(=O)N(C)CC(=O)NC(C)(C)C)c1. The van der Waals surface area contributed by atoms with Crippen LogP contribution in [0.15, 0.2) is 22.7 Å². The van der Waals surface area contributed by atoms with Crippen LogP contribution in [-0.2, 0) is 4.79 Å². The minimum absolute atomic E-state index is 0.0433. The molecule has 0 aromatic heterocycles. The average Bonchev–Trinajstić information content (AvgIpc) is 2.23. The van der Waals surface area contributed by atoms with Gasteiger partial charge in [0.15, 0.2) is 0 Å². The predicted octanol–water partition coefficient (Wildman–Crippen LogP) is 2.74. The number of likely N-dealkylation sites (N-methyl/N-ethyl adjacent to an activating group) is 1. The molecule has 0 radical (unpaired) electrons. The van der Waals surface area contributed by atoms with E-state index in [0.29, 0.717) is 5.56 Å². The van der Waals surface area contributed by atoms with Crippen molar-refractivity contribution in [1.29, 1.82) is 0 Å². The zero-order valence-electron chi connectivity index (χ0n) is 12.6. The molecule has 5 heteroatoms. The summed E-state index contributed by atoms with van der Waals surface area (Å²) >= 11 is 3.37. The van der Waals surface area contributed by atoms with Crippen LogP contribution in [0.25, 0.3) is 0 Å². The molecule has 0 aliphatic heterocycles. The van der Waals surface area contributed by atoms with Crippen LogP contribution in [-0.4, -0.2) is 35.8 Å². The van der Waals surface area contributed by atoms with Gasteiger partial charge in [0.05, 0.1) is 6.54 Å². The van der Waals surface area contributed by atoms with E-state index >= 15 is 0 Å². The third kappa shape index (κ3) is 5.33. The number of rotatable bonds is 3. The molecular weight excluding hydrogens is 320 g/mol. The van der Waals surface area contributed by atoms with Crippen molar-refractivity contribution >= 4 is 27.7 Å². The van der Waals surface area contributed by atoms with Crippen molar-refractivity contribution in [2.45, 2.75) is 33.2 Å². The summed E-state index contributed by atoms with van der Waals surface area (Å²) in [4.78, 5) is 25.5. The molecule has 0 saturated heterocycles. The molecular formula is C15H21BrN2O2. The molecule has 0 aliphatic rings. The van der Waals surface area contributed by atoms with Gasteiger partial charge in [0.1, 0.15) is 0 Å². The summed E-state index contributed by atoms with van der Waals surface area (Å²) in [6.07, 6.45) is 0. The summed E-state index contributed by atoms with van der Waals surface area (Å²) in [7, 11) is 1.63. The Kier molecular flexibility index (Phi) is 5.34. The Labute approximate surface area is 128 Å². The number of nitrogens with one attached hydrogen (secondary N) is 1. The molecule has 0 aliphatic carbocycles. The molecule has 2 amide bonds. The van der Waals surface area contributed by atoms with Crippen molar-refractivity contribution < 1.29 is 9.59 Å². The molecule has 0 atom stereocenters. The maximum absolute atomic E-state index is 12.3. The van der Waals surface area contributed by atoms with Crippen molar-refractivity contribution in [3.05, 3.63) is 33.8 Å². The average molecular weight is 341 g/mol. The van der Waals surface area contributed by atoms with E-state index < -0.39 is 0 Å². The molecule has 0 unspecified atom stereocenters. The zero-order valence-corrected chi connectivity index (χ0v) is 14.2. The Morgan fingerprint density at radius 2 is 1.85 bits per heavy atom. The number of nitrogens with zero attached hydrogens (tertiary/aromatic N) is 1. The smallest absolute Gasteiger partial charge is 0.254 e. The molecule has 1 rings (SSSR count). The fourth-order valence-corrected chi connectivity index (χ4v) is 2.43. The molecule has 20 heavy (non-hydrogen) atoms. The Morgan fingerprint density at radius 1 is 1.25 bits per heavy atom. The highest BCUT2D eigenvalue weighted by Gasteiger charge is 2.19. The Hall–Kier alpha value is -1.36. The first kappa shape index (κ1) is 16.7. The van der Waals surface area contributed by atoms with Crippen LogP contribution in [0.2, 0.25) is 0 Å². The molecule has 1 aromatic carbocycles. The molecule has 0 spiro atoms. The van der Waals surface area contributed by atoms with Gasteiger partial charge in [-0.15, -0.1) is 0 Å². The normalized spacial score (nSPS) is 11.1. The number of aryl methyl sites for hydroxylation is 1. The molecule has 1 N–H and O–H groups in total. The Balaban J connectivity index is 2.74. The van der Waals surface area contributed by atoms with Gasteiger partial charge in [0.25, 0.3) is 5.91 Å². The third-order valence-electron chi connectivity index (χ3n) is 2.53. The van der Waals surface area contributed by atoms with E-state index in [1.165, 1.54) is 4.90 Å². The van der Waals surface area contributed by atoms with E-state index in [1.54, 1.807) is 13.1 Å². The van der Waals surface area contributed by atoms with Crippen molar-refractivity contribution in [3.8, 4) is 0 Å². The first-order valence-electron chi connectivity index (χ1n) is 6.42.